The van der Waals surface area contributed by atoms with Gasteiger partial charge >= 0.3 is 5.69 Å². The highest BCUT2D eigenvalue weighted by molar-refractivity contribution is 7.13. The molecule has 0 spiro atoms. The standard InChI is InChI=1S/C14H13N3O4S/c1-10-6-7-11(22-10)8-15-16-14(18)9-21-13-5-3-2-4-12(13)17(19)20/h2-8H,9H2,1H3,(H,16,18). The van der Waals surface area contributed by atoms with Crippen LogP contribution in [0.3, 0.4) is 0 Å². The number of hydrogen-bond acceptors (Lipinski definition) is 6. The summed E-state index contributed by atoms with van der Waals surface area (Å²) in [5.41, 5.74) is 2.11. The highest BCUT2D eigenvalue weighted by atomic mass is 32.1. The Bertz CT molecular complexity index is 712. The molecule has 0 aliphatic rings. The van der Waals surface area contributed by atoms with E-state index in [-0.39, 0.29) is 18.0 Å². The van der Waals surface area contributed by atoms with Crippen LogP contribution in [0.2, 0.25) is 0 Å². The van der Waals surface area contributed by atoms with Crippen LogP contribution >= 0.6 is 11.3 Å². The van der Waals surface area contributed by atoms with E-state index >= 15 is 0 Å². The lowest BCUT2D eigenvalue weighted by atomic mass is 10.3. The summed E-state index contributed by atoms with van der Waals surface area (Å²) in [7, 11) is 0. The average Bonchev–Trinajstić information content (AvgIpc) is 2.91. The van der Waals surface area contributed by atoms with E-state index in [4.69, 9.17) is 4.74 Å². The van der Waals surface area contributed by atoms with Gasteiger partial charge in [0, 0.05) is 15.8 Å². The summed E-state index contributed by atoms with van der Waals surface area (Å²) >= 11 is 1.55. The number of nitrogens with zero attached hydrogens (tertiary/aromatic N) is 2. The lowest BCUT2D eigenvalue weighted by Crippen LogP contribution is -2.24. The topological polar surface area (TPSA) is 93.8 Å². The van der Waals surface area contributed by atoms with Crippen molar-refractivity contribution in [2.45, 2.75) is 6.92 Å². The molecule has 0 saturated carbocycles. The molecular weight excluding hydrogens is 306 g/mol. The molecule has 0 atom stereocenters. The van der Waals surface area contributed by atoms with E-state index in [0.29, 0.717) is 0 Å². The van der Waals surface area contributed by atoms with Crippen molar-refractivity contribution < 1.29 is 14.5 Å². The Kier molecular flexibility index (Phi) is 5.21. The summed E-state index contributed by atoms with van der Waals surface area (Å²) in [6, 6.07) is 9.70. The van der Waals surface area contributed by atoms with Crippen molar-refractivity contribution in [2.75, 3.05) is 6.61 Å². The van der Waals surface area contributed by atoms with Gasteiger partial charge in [0.25, 0.3) is 5.91 Å². The molecule has 0 fully saturated rings. The second-order valence-corrected chi connectivity index (χ2v) is 5.57. The van der Waals surface area contributed by atoms with Gasteiger partial charge in [-0.15, -0.1) is 11.3 Å². The maximum absolute atomic E-state index is 11.6. The number of thiophene rings is 1. The highest BCUT2D eigenvalue weighted by Crippen LogP contribution is 2.25. The van der Waals surface area contributed by atoms with Crippen molar-refractivity contribution >= 4 is 29.1 Å². The summed E-state index contributed by atoms with van der Waals surface area (Å²) in [6.45, 7) is 1.62. The number of hydrazone groups is 1. The zero-order valence-corrected chi connectivity index (χ0v) is 12.5. The quantitative estimate of drug-likeness (QED) is 0.503. The molecule has 2 aromatic rings. The van der Waals surface area contributed by atoms with Gasteiger partial charge in [0.2, 0.25) is 0 Å². The fourth-order valence-corrected chi connectivity index (χ4v) is 2.35. The number of amides is 1. The molecular formula is C14H13N3O4S. The minimum atomic E-state index is -0.565. The summed E-state index contributed by atoms with van der Waals surface area (Å²) < 4.78 is 5.14. The first-order valence-corrected chi connectivity index (χ1v) is 7.12. The van der Waals surface area contributed by atoms with Crippen LogP contribution in [0.25, 0.3) is 0 Å². The molecule has 114 valence electrons. The lowest BCUT2D eigenvalue weighted by Gasteiger charge is -2.05. The zero-order valence-electron chi connectivity index (χ0n) is 11.7. The first-order valence-electron chi connectivity index (χ1n) is 6.31. The molecule has 0 aliphatic carbocycles. The number of carbonyl (C=O) groups excluding carboxylic acids is 1. The third-order valence-electron chi connectivity index (χ3n) is 2.56. The van der Waals surface area contributed by atoms with Gasteiger partial charge in [-0.2, -0.15) is 5.10 Å². The number of rotatable bonds is 6. The van der Waals surface area contributed by atoms with Crippen molar-refractivity contribution in [3.63, 3.8) is 0 Å². The predicted octanol–water partition coefficient (Wildman–Crippen LogP) is 2.49. The van der Waals surface area contributed by atoms with Crippen LogP contribution in [0.5, 0.6) is 5.75 Å². The van der Waals surface area contributed by atoms with Gasteiger partial charge < -0.3 is 4.74 Å². The summed E-state index contributed by atoms with van der Waals surface area (Å²) in [5.74, 6) is -0.455. The SMILES string of the molecule is Cc1ccc(C=NNC(=O)COc2ccccc2[N+](=O)[O-])s1. The van der Waals surface area contributed by atoms with Crippen molar-refractivity contribution in [2.24, 2.45) is 5.10 Å². The number of ether oxygens (including phenoxy) is 1. The van der Waals surface area contributed by atoms with E-state index in [1.165, 1.54) is 24.4 Å². The van der Waals surface area contributed by atoms with Crippen molar-refractivity contribution in [3.05, 3.63) is 56.3 Å². The molecule has 1 aromatic heterocycles. The Hall–Kier alpha value is -2.74. The molecule has 8 heteroatoms. The van der Waals surface area contributed by atoms with Gasteiger partial charge in [0.15, 0.2) is 12.4 Å². The molecule has 22 heavy (non-hydrogen) atoms. The Labute approximate surface area is 130 Å². The minimum absolute atomic E-state index is 0.0421. The zero-order chi connectivity index (χ0) is 15.9. The highest BCUT2D eigenvalue weighted by Gasteiger charge is 2.14. The predicted molar refractivity (Wildman–Crippen MR) is 83.4 cm³/mol. The van der Waals surface area contributed by atoms with Crippen LogP contribution in [0.15, 0.2) is 41.5 Å². The smallest absolute Gasteiger partial charge is 0.310 e. The van der Waals surface area contributed by atoms with Crippen LogP contribution in [-0.4, -0.2) is 23.7 Å². The van der Waals surface area contributed by atoms with Gasteiger partial charge in [-0.1, -0.05) is 12.1 Å². The largest absolute Gasteiger partial charge is 0.477 e. The van der Waals surface area contributed by atoms with Crippen LogP contribution in [-0.2, 0) is 4.79 Å². The van der Waals surface area contributed by atoms with E-state index in [1.807, 2.05) is 19.1 Å². The second kappa shape index (κ2) is 7.32. The van der Waals surface area contributed by atoms with E-state index in [1.54, 1.807) is 17.4 Å². The fraction of sp³-hybridized carbons (Fsp3) is 0.143. The Balaban J connectivity index is 1.85. The molecule has 1 heterocycles. The molecule has 1 amide bonds. The summed E-state index contributed by atoms with van der Waals surface area (Å²) in [4.78, 5) is 23.9. The molecule has 1 N–H and O–H groups in total. The monoisotopic (exact) mass is 319 g/mol. The van der Waals surface area contributed by atoms with Crippen molar-refractivity contribution in [3.8, 4) is 5.75 Å². The number of hydrogen-bond donors (Lipinski definition) is 1. The van der Waals surface area contributed by atoms with E-state index in [9.17, 15) is 14.9 Å². The van der Waals surface area contributed by atoms with Gasteiger partial charge in [0.1, 0.15) is 0 Å². The number of carbonyl (C=O) groups is 1. The Morgan fingerprint density at radius 1 is 1.41 bits per heavy atom. The van der Waals surface area contributed by atoms with E-state index in [2.05, 4.69) is 10.5 Å². The molecule has 0 saturated heterocycles. The molecule has 7 nitrogen and oxygen atoms in total. The molecule has 0 aliphatic heterocycles. The average molecular weight is 319 g/mol. The first kappa shape index (κ1) is 15.6. The summed E-state index contributed by atoms with van der Waals surface area (Å²) in [5, 5.41) is 14.6. The Morgan fingerprint density at radius 3 is 2.86 bits per heavy atom. The molecule has 0 unspecified atom stereocenters. The van der Waals surface area contributed by atoms with Gasteiger partial charge in [0.05, 0.1) is 11.1 Å². The van der Waals surface area contributed by atoms with Crippen molar-refractivity contribution in [1.82, 2.24) is 5.43 Å². The molecule has 1 aromatic carbocycles. The summed E-state index contributed by atoms with van der Waals surface area (Å²) in [6.07, 6.45) is 1.53. The normalized spacial score (nSPS) is 10.6. The maximum atomic E-state index is 11.6. The maximum Gasteiger partial charge on any atom is 0.310 e. The number of para-hydroxylation sites is 2. The van der Waals surface area contributed by atoms with Gasteiger partial charge in [-0.05, 0) is 25.1 Å². The van der Waals surface area contributed by atoms with Gasteiger partial charge in [-0.25, -0.2) is 5.43 Å². The minimum Gasteiger partial charge on any atom is -0.477 e. The second-order valence-electron chi connectivity index (χ2n) is 4.26. The van der Waals surface area contributed by atoms with Crippen LogP contribution < -0.4 is 10.2 Å². The van der Waals surface area contributed by atoms with Crippen LogP contribution in [0.1, 0.15) is 9.75 Å². The lowest BCUT2D eigenvalue weighted by molar-refractivity contribution is -0.385. The number of nitro benzene ring substituents is 1. The number of nitro groups is 1. The first-order chi connectivity index (χ1) is 10.6. The molecule has 0 bridgehead atoms. The Morgan fingerprint density at radius 2 is 2.18 bits per heavy atom. The van der Waals surface area contributed by atoms with E-state index in [0.717, 1.165) is 9.75 Å². The van der Waals surface area contributed by atoms with Crippen LogP contribution in [0.4, 0.5) is 5.69 Å². The fourth-order valence-electron chi connectivity index (χ4n) is 1.60. The number of benzene rings is 1. The molecule has 0 radical (unpaired) electrons. The number of nitrogens with one attached hydrogen (secondary N) is 1. The third-order valence-corrected chi connectivity index (χ3v) is 3.50. The van der Waals surface area contributed by atoms with Gasteiger partial charge in [-0.3, -0.25) is 14.9 Å². The number of aryl methyl sites for hydroxylation is 1. The van der Waals surface area contributed by atoms with Crippen LogP contribution in [0, 0.1) is 17.0 Å². The van der Waals surface area contributed by atoms with E-state index < -0.39 is 10.8 Å². The van der Waals surface area contributed by atoms with Crippen molar-refractivity contribution in [1.29, 1.82) is 0 Å². The molecule has 2 rings (SSSR count). The third kappa shape index (κ3) is 4.38.